The van der Waals surface area contributed by atoms with Crippen LogP contribution in [-0.4, -0.2) is 26.2 Å². The molecule has 2 rings (SSSR count). The zero-order valence-electron chi connectivity index (χ0n) is 19.2. The zero-order chi connectivity index (χ0) is 22.3. The van der Waals surface area contributed by atoms with Crippen LogP contribution >= 0.6 is 0 Å². The van der Waals surface area contributed by atoms with Gasteiger partial charge in [-0.1, -0.05) is 24.3 Å². The van der Waals surface area contributed by atoms with E-state index in [4.69, 9.17) is 0 Å². The number of benzene rings is 2. The SMILES string of the molecule is C=CCN(CC=C)c1cc(C)c(-c2c(C)cc(N(CC=C)CC=C)cc2C)c(C)c1. The van der Waals surface area contributed by atoms with E-state index in [0.717, 1.165) is 26.2 Å². The highest BCUT2D eigenvalue weighted by Gasteiger charge is 2.16. The minimum absolute atomic E-state index is 0.805. The summed E-state index contributed by atoms with van der Waals surface area (Å²) in [7, 11) is 0. The highest BCUT2D eigenvalue weighted by molar-refractivity contribution is 5.80. The second kappa shape index (κ2) is 10.7. The number of hydrogen-bond acceptors (Lipinski definition) is 2. The molecule has 0 atom stereocenters. The maximum absolute atomic E-state index is 3.90. The average molecular weight is 401 g/mol. The third kappa shape index (κ3) is 5.13. The molecular formula is C28H36N2. The van der Waals surface area contributed by atoms with Crippen molar-refractivity contribution in [2.24, 2.45) is 0 Å². The summed E-state index contributed by atoms with van der Waals surface area (Å²) in [6.45, 7) is 27.6. The van der Waals surface area contributed by atoms with Crippen LogP contribution in [0, 0.1) is 27.7 Å². The van der Waals surface area contributed by atoms with Crippen LogP contribution in [0.1, 0.15) is 22.3 Å². The van der Waals surface area contributed by atoms with Gasteiger partial charge in [-0.2, -0.15) is 0 Å². The van der Waals surface area contributed by atoms with E-state index in [2.05, 4.69) is 88.1 Å². The van der Waals surface area contributed by atoms with Gasteiger partial charge < -0.3 is 9.80 Å². The van der Waals surface area contributed by atoms with E-state index in [1.807, 2.05) is 24.3 Å². The van der Waals surface area contributed by atoms with Crippen molar-refractivity contribution in [2.45, 2.75) is 27.7 Å². The molecule has 0 fully saturated rings. The van der Waals surface area contributed by atoms with Gasteiger partial charge in [0.2, 0.25) is 0 Å². The quantitative estimate of drug-likeness (QED) is 0.377. The summed E-state index contributed by atoms with van der Waals surface area (Å²) in [5.41, 5.74) is 10.2. The first-order valence-corrected chi connectivity index (χ1v) is 10.5. The van der Waals surface area contributed by atoms with Crippen LogP contribution in [0.2, 0.25) is 0 Å². The first-order valence-electron chi connectivity index (χ1n) is 10.5. The van der Waals surface area contributed by atoms with Crippen LogP contribution in [0.15, 0.2) is 74.9 Å². The molecule has 0 radical (unpaired) electrons. The smallest absolute Gasteiger partial charge is 0.0377 e. The molecule has 0 saturated carbocycles. The molecule has 0 aliphatic rings. The maximum Gasteiger partial charge on any atom is 0.0377 e. The van der Waals surface area contributed by atoms with Crippen LogP contribution in [0.3, 0.4) is 0 Å². The molecule has 0 heterocycles. The molecule has 0 aliphatic carbocycles. The molecule has 2 aromatic rings. The number of anilines is 2. The summed E-state index contributed by atoms with van der Waals surface area (Å²) in [5.74, 6) is 0. The van der Waals surface area contributed by atoms with E-state index >= 15 is 0 Å². The van der Waals surface area contributed by atoms with Crippen molar-refractivity contribution in [1.29, 1.82) is 0 Å². The lowest BCUT2D eigenvalue weighted by Crippen LogP contribution is -2.23. The van der Waals surface area contributed by atoms with Crippen molar-refractivity contribution >= 4 is 11.4 Å². The fourth-order valence-corrected chi connectivity index (χ4v) is 4.23. The highest BCUT2D eigenvalue weighted by atomic mass is 15.1. The summed E-state index contributed by atoms with van der Waals surface area (Å²) in [6, 6.07) is 9.13. The minimum atomic E-state index is 0.805. The predicted octanol–water partition coefficient (Wildman–Crippen LogP) is 6.94. The first-order chi connectivity index (χ1) is 14.4. The Bertz CT molecular complexity index is 792. The second-order valence-corrected chi connectivity index (χ2v) is 7.87. The Morgan fingerprint density at radius 1 is 0.533 bits per heavy atom. The summed E-state index contributed by atoms with van der Waals surface area (Å²) in [5, 5.41) is 0. The Kier molecular flexibility index (Phi) is 8.29. The summed E-state index contributed by atoms with van der Waals surface area (Å²) in [4.78, 5) is 4.57. The summed E-state index contributed by atoms with van der Waals surface area (Å²) >= 11 is 0. The van der Waals surface area contributed by atoms with E-state index in [1.54, 1.807) is 0 Å². The van der Waals surface area contributed by atoms with Crippen molar-refractivity contribution in [3.8, 4) is 11.1 Å². The maximum atomic E-state index is 3.90. The summed E-state index contributed by atoms with van der Waals surface area (Å²) < 4.78 is 0. The lowest BCUT2D eigenvalue weighted by Gasteiger charge is -2.26. The molecule has 0 unspecified atom stereocenters. The van der Waals surface area contributed by atoms with Crippen molar-refractivity contribution in [1.82, 2.24) is 0 Å². The van der Waals surface area contributed by atoms with E-state index in [1.165, 1.54) is 44.8 Å². The Labute approximate surface area is 183 Å². The summed E-state index contributed by atoms with van der Waals surface area (Å²) in [6.07, 6.45) is 7.75. The van der Waals surface area contributed by atoms with Crippen LogP contribution < -0.4 is 9.80 Å². The third-order valence-electron chi connectivity index (χ3n) is 5.41. The van der Waals surface area contributed by atoms with Gasteiger partial charge in [-0.05, 0) is 85.3 Å². The standard InChI is InChI=1S/C28H36N2/c1-9-13-29(14-10-2)25-17-21(5)27(22(6)18-25)28-23(7)19-26(20-24(28)8)30(15-11-3)16-12-4/h9-12,17-20H,1-4,13-16H2,5-8H3. The van der Waals surface area contributed by atoms with E-state index in [-0.39, 0.29) is 0 Å². The lowest BCUT2D eigenvalue weighted by atomic mass is 9.88. The predicted molar refractivity (Wildman–Crippen MR) is 136 cm³/mol. The molecule has 0 aromatic heterocycles. The molecule has 0 N–H and O–H groups in total. The fraction of sp³-hybridized carbons (Fsp3) is 0.286. The molecule has 0 spiro atoms. The van der Waals surface area contributed by atoms with Gasteiger partial charge in [0, 0.05) is 37.6 Å². The fourth-order valence-electron chi connectivity index (χ4n) is 4.23. The number of hydrogen-bond donors (Lipinski definition) is 0. The molecule has 0 amide bonds. The minimum Gasteiger partial charge on any atom is -0.364 e. The molecule has 2 nitrogen and oxygen atoms in total. The Hall–Kier alpha value is -3.00. The molecule has 158 valence electrons. The van der Waals surface area contributed by atoms with E-state index in [9.17, 15) is 0 Å². The van der Waals surface area contributed by atoms with Crippen molar-refractivity contribution in [3.63, 3.8) is 0 Å². The van der Waals surface area contributed by atoms with Crippen molar-refractivity contribution in [3.05, 3.63) is 97.1 Å². The number of aryl methyl sites for hydroxylation is 4. The van der Waals surface area contributed by atoms with Gasteiger partial charge in [0.25, 0.3) is 0 Å². The molecule has 2 aromatic carbocycles. The topological polar surface area (TPSA) is 6.48 Å². The molecule has 0 aliphatic heterocycles. The Morgan fingerprint density at radius 3 is 0.967 bits per heavy atom. The van der Waals surface area contributed by atoms with E-state index < -0.39 is 0 Å². The Morgan fingerprint density at radius 2 is 0.767 bits per heavy atom. The monoisotopic (exact) mass is 400 g/mol. The molecular weight excluding hydrogens is 364 g/mol. The van der Waals surface area contributed by atoms with Crippen molar-refractivity contribution in [2.75, 3.05) is 36.0 Å². The van der Waals surface area contributed by atoms with Crippen molar-refractivity contribution < 1.29 is 0 Å². The number of nitrogens with zero attached hydrogens (tertiary/aromatic N) is 2. The third-order valence-corrected chi connectivity index (χ3v) is 5.41. The first kappa shape index (κ1) is 23.3. The van der Waals surface area contributed by atoms with Gasteiger partial charge in [-0.3, -0.25) is 0 Å². The zero-order valence-corrected chi connectivity index (χ0v) is 19.2. The Balaban J connectivity index is 2.56. The second-order valence-electron chi connectivity index (χ2n) is 7.87. The van der Waals surface area contributed by atoms with E-state index in [0.29, 0.717) is 0 Å². The van der Waals surface area contributed by atoms with Gasteiger partial charge in [0.05, 0.1) is 0 Å². The highest BCUT2D eigenvalue weighted by Crippen LogP contribution is 2.37. The van der Waals surface area contributed by atoms with Gasteiger partial charge in [-0.15, -0.1) is 26.3 Å². The van der Waals surface area contributed by atoms with Crippen LogP contribution in [0.4, 0.5) is 11.4 Å². The van der Waals surface area contributed by atoms with Crippen LogP contribution in [-0.2, 0) is 0 Å². The van der Waals surface area contributed by atoms with Gasteiger partial charge in [0.15, 0.2) is 0 Å². The van der Waals surface area contributed by atoms with Gasteiger partial charge >= 0.3 is 0 Å². The molecule has 0 bridgehead atoms. The number of rotatable bonds is 11. The van der Waals surface area contributed by atoms with Gasteiger partial charge in [-0.25, -0.2) is 0 Å². The largest absolute Gasteiger partial charge is 0.364 e. The lowest BCUT2D eigenvalue weighted by molar-refractivity contribution is 0.952. The molecule has 30 heavy (non-hydrogen) atoms. The average Bonchev–Trinajstić information content (AvgIpc) is 2.68. The molecule has 0 saturated heterocycles. The molecule has 2 heteroatoms. The van der Waals surface area contributed by atoms with Crippen LogP contribution in [0.25, 0.3) is 11.1 Å². The normalized spacial score (nSPS) is 10.4. The van der Waals surface area contributed by atoms with Gasteiger partial charge in [0.1, 0.15) is 0 Å². The van der Waals surface area contributed by atoms with Crippen LogP contribution in [0.5, 0.6) is 0 Å².